The number of carboxylic acid groups (broad SMARTS) is 1. The van der Waals surface area contributed by atoms with E-state index < -0.39 is 11.0 Å². The molecular weight excluding hydrogens is 468 g/mol. The summed E-state index contributed by atoms with van der Waals surface area (Å²) in [5, 5.41) is 25.7. The fraction of sp³-hybridized carbons (Fsp3) is 0.320. The fourth-order valence-corrected chi connectivity index (χ4v) is 5.09. The minimum absolute atomic E-state index is 0.0285. The maximum atomic E-state index is 12.9. The molecule has 182 valence electrons. The third-order valence-electron chi connectivity index (χ3n) is 5.98. The third-order valence-corrected chi connectivity index (χ3v) is 6.79. The van der Waals surface area contributed by atoms with Gasteiger partial charge in [0.2, 0.25) is 0 Å². The summed E-state index contributed by atoms with van der Waals surface area (Å²) in [4.78, 5) is 41.1. The standard InChI is InChI=1S/C25H26N4O5S/c1-15(2)10-22-21-7-6-18(13-17(21)8-9-28(22)25(31)32)23(30)27-24-26-19(14-35-24)11-16-4-3-5-20(12-16)29(33)34/h3-7,12-15,22H,8-11H2,1-2H3,(H,31,32)(H,26,27,30). The molecule has 2 aromatic carbocycles. The van der Waals surface area contributed by atoms with E-state index >= 15 is 0 Å². The number of amides is 2. The summed E-state index contributed by atoms with van der Waals surface area (Å²) in [6, 6.07) is 11.6. The predicted octanol–water partition coefficient (Wildman–Crippen LogP) is 5.52. The van der Waals surface area contributed by atoms with Crippen LogP contribution in [0.3, 0.4) is 0 Å². The molecule has 3 aromatic rings. The quantitative estimate of drug-likeness (QED) is 0.329. The van der Waals surface area contributed by atoms with Crippen LogP contribution in [0.15, 0.2) is 47.8 Å². The van der Waals surface area contributed by atoms with Gasteiger partial charge in [-0.2, -0.15) is 0 Å². The van der Waals surface area contributed by atoms with Crippen molar-refractivity contribution in [2.45, 2.75) is 39.2 Å². The summed E-state index contributed by atoms with van der Waals surface area (Å²) in [5.41, 5.74) is 3.95. The maximum absolute atomic E-state index is 12.9. The lowest BCUT2D eigenvalue weighted by atomic mass is 9.87. The van der Waals surface area contributed by atoms with Crippen LogP contribution in [0.2, 0.25) is 0 Å². The van der Waals surface area contributed by atoms with Crippen molar-refractivity contribution in [2.24, 2.45) is 5.92 Å². The van der Waals surface area contributed by atoms with Crippen LogP contribution < -0.4 is 5.32 Å². The zero-order chi connectivity index (χ0) is 25.1. The molecule has 0 bridgehead atoms. The first-order chi connectivity index (χ1) is 16.7. The van der Waals surface area contributed by atoms with Crippen LogP contribution in [-0.2, 0) is 12.8 Å². The Hall–Kier alpha value is -3.79. The van der Waals surface area contributed by atoms with Gasteiger partial charge >= 0.3 is 6.09 Å². The Morgan fingerprint density at radius 2 is 2.09 bits per heavy atom. The molecule has 2 heterocycles. The number of carbonyl (C=O) groups excluding carboxylic acids is 1. The van der Waals surface area contributed by atoms with Crippen LogP contribution in [0, 0.1) is 16.0 Å². The molecule has 1 unspecified atom stereocenters. The number of non-ortho nitro benzene ring substituents is 1. The van der Waals surface area contributed by atoms with Gasteiger partial charge in [-0.1, -0.05) is 32.0 Å². The van der Waals surface area contributed by atoms with E-state index in [0.717, 1.165) is 23.1 Å². The number of nitro benzene ring substituents is 1. The molecule has 0 saturated carbocycles. The molecule has 0 fully saturated rings. The van der Waals surface area contributed by atoms with E-state index in [4.69, 9.17) is 0 Å². The van der Waals surface area contributed by atoms with Gasteiger partial charge in [0.15, 0.2) is 5.13 Å². The first kappa shape index (κ1) is 24.3. The number of anilines is 1. The first-order valence-corrected chi connectivity index (χ1v) is 12.2. The van der Waals surface area contributed by atoms with Gasteiger partial charge in [0, 0.05) is 36.0 Å². The normalized spacial score (nSPS) is 15.1. The van der Waals surface area contributed by atoms with Crippen molar-refractivity contribution >= 4 is 34.2 Å². The van der Waals surface area contributed by atoms with Gasteiger partial charge in [0.1, 0.15) is 0 Å². The van der Waals surface area contributed by atoms with Gasteiger partial charge < -0.3 is 10.0 Å². The Morgan fingerprint density at radius 3 is 2.80 bits per heavy atom. The van der Waals surface area contributed by atoms with E-state index in [1.54, 1.807) is 18.2 Å². The number of hydrogen-bond acceptors (Lipinski definition) is 6. The smallest absolute Gasteiger partial charge is 0.407 e. The van der Waals surface area contributed by atoms with Crippen LogP contribution in [0.1, 0.15) is 59.1 Å². The highest BCUT2D eigenvalue weighted by Gasteiger charge is 2.31. The van der Waals surface area contributed by atoms with Crippen LogP contribution in [-0.4, -0.2) is 38.5 Å². The number of rotatable bonds is 7. The first-order valence-electron chi connectivity index (χ1n) is 11.3. The number of fused-ring (bicyclic) bond motifs is 1. The molecule has 4 rings (SSSR count). The third kappa shape index (κ3) is 5.65. The highest BCUT2D eigenvalue weighted by molar-refractivity contribution is 7.14. The van der Waals surface area contributed by atoms with E-state index in [-0.39, 0.29) is 17.6 Å². The Bertz CT molecular complexity index is 1270. The molecule has 0 saturated heterocycles. The predicted molar refractivity (Wildman–Crippen MR) is 133 cm³/mol. The second kappa shape index (κ2) is 10.2. The molecule has 10 heteroatoms. The van der Waals surface area contributed by atoms with Gasteiger partial charge in [0.05, 0.1) is 16.7 Å². The van der Waals surface area contributed by atoms with Crippen molar-refractivity contribution in [3.63, 3.8) is 0 Å². The number of nitro groups is 1. The molecule has 2 amide bonds. The van der Waals surface area contributed by atoms with Crippen molar-refractivity contribution in [2.75, 3.05) is 11.9 Å². The number of aromatic nitrogens is 1. The average molecular weight is 495 g/mol. The Morgan fingerprint density at radius 1 is 1.29 bits per heavy atom. The molecule has 1 atom stereocenters. The molecule has 0 radical (unpaired) electrons. The van der Waals surface area contributed by atoms with E-state index in [0.29, 0.717) is 41.7 Å². The number of thiazole rings is 1. The minimum atomic E-state index is -0.923. The van der Waals surface area contributed by atoms with Crippen molar-refractivity contribution in [3.05, 3.63) is 85.9 Å². The molecular formula is C25H26N4O5S. The molecule has 35 heavy (non-hydrogen) atoms. The van der Waals surface area contributed by atoms with Gasteiger partial charge in [0.25, 0.3) is 11.6 Å². The summed E-state index contributed by atoms with van der Waals surface area (Å²) in [7, 11) is 0. The van der Waals surface area contributed by atoms with E-state index in [1.807, 2.05) is 17.5 Å². The van der Waals surface area contributed by atoms with Gasteiger partial charge in [-0.15, -0.1) is 11.3 Å². The molecule has 1 aliphatic heterocycles. The highest BCUT2D eigenvalue weighted by Crippen LogP contribution is 2.35. The van der Waals surface area contributed by atoms with Crippen LogP contribution in [0.4, 0.5) is 15.6 Å². The second-order valence-electron chi connectivity index (χ2n) is 8.99. The monoisotopic (exact) mass is 494 g/mol. The van der Waals surface area contributed by atoms with Gasteiger partial charge in [-0.25, -0.2) is 9.78 Å². The van der Waals surface area contributed by atoms with Crippen molar-refractivity contribution in [3.8, 4) is 0 Å². The van der Waals surface area contributed by atoms with Crippen molar-refractivity contribution in [1.82, 2.24) is 9.88 Å². The van der Waals surface area contributed by atoms with Crippen LogP contribution in [0.5, 0.6) is 0 Å². The maximum Gasteiger partial charge on any atom is 0.407 e. The zero-order valence-electron chi connectivity index (χ0n) is 19.4. The van der Waals surface area contributed by atoms with Crippen LogP contribution in [0.25, 0.3) is 0 Å². The average Bonchev–Trinajstić information content (AvgIpc) is 3.25. The number of benzene rings is 2. The Balaban J connectivity index is 1.47. The van der Waals surface area contributed by atoms with Gasteiger partial charge in [-0.05, 0) is 47.6 Å². The lowest BCUT2D eigenvalue weighted by molar-refractivity contribution is -0.384. The van der Waals surface area contributed by atoms with Crippen molar-refractivity contribution < 1.29 is 19.6 Å². The summed E-state index contributed by atoms with van der Waals surface area (Å²) in [6.07, 6.45) is 0.775. The largest absolute Gasteiger partial charge is 0.465 e. The Labute approximate surface area is 206 Å². The topological polar surface area (TPSA) is 126 Å². The number of nitrogens with one attached hydrogen (secondary N) is 1. The lowest BCUT2D eigenvalue weighted by Crippen LogP contribution is -2.39. The fourth-order valence-electron chi connectivity index (χ4n) is 4.39. The van der Waals surface area contributed by atoms with E-state index in [2.05, 4.69) is 24.1 Å². The zero-order valence-corrected chi connectivity index (χ0v) is 20.2. The molecule has 1 aromatic heterocycles. The summed E-state index contributed by atoms with van der Waals surface area (Å²) in [6.45, 7) is 4.53. The number of hydrogen-bond donors (Lipinski definition) is 2. The number of carbonyl (C=O) groups is 2. The highest BCUT2D eigenvalue weighted by atomic mass is 32.1. The summed E-state index contributed by atoms with van der Waals surface area (Å²) in [5.74, 6) is 0.0435. The van der Waals surface area contributed by atoms with Gasteiger partial charge in [-0.3, -0.25) is 20.2 Å². The molecule has 0 aliphatic carbocycles. The van der Waals surface area contributed by atoms with E-state index in [9.17, 15) is 24.8 Å². The van der Waals surface area contributed by atoms with Crippen molar-refractivity contribution in [1.29, 1.82) is 0 Å². The molecule has 9 nitrogen and oxygen atoms in total. The van der Waals surface area contributed by atoms with E-state index in [1.165, 1.54) is 28.4 Å². The SMILES string of the molecule is CC(C)CC1c2ccc(C(=O)Nc3nc(Cc4cccc([N+](=O)[O-])c4)cs3)cc2CCN1C(=O)O. The molecule has 1 aliphatic rings. The molecule has 0 spiro atoms. The summed E-state index contributed by atoms with van der Waals surface area (Å²) >= 11 is 1.29. The Kier molecular flexibility index (Phi) is 7.11. The molecule has 2 N–H and O–H groups in total. The summed E-state index contributed by atoms with van der Waals surface area (Å²) < 4.78 is 0. The van der Waals surface area contributed by atoms with Crippen LogP contribution >= 0.6 is 11.3 Å². The lowest BCUT2D eigenvalue weighted by Gasteiger charge is -2.36. The number of nitrogens with zero attached hydrogens (tertiary/aromatic N) is 3. The minimum Gasteiger partial charge on any atom is -0.465 e. The second-order valence-corrected chi connectivity index (χ2v) is 9.84.